The maximum atomic E-state index is 11.6. The highest BCUT2D eigenvalue weighted by Gasteiger charge is 2.26. The average Bonchev–Trinajstić information content (AvgIpc) is 3.10. The van der Waals surface area contributed by atoms with Crippen LogP contribution in [-0.2, 0) is 11.3 Å². The first-order valence-electron chi connectivity index (χ1n) is 9.60. The fourth-order valence-corrected chi connectivity index (χ4v) is 3.49. The van der Waals surface area contributed by atoms with Gasteiger partial charge in [-0.25, -0.2) is 9.67 Å². The zero-order chi connectivity index (χ0) is 19.4. The van der Waals surface area contributed by atoms with Gasteiger partial charge >= 0.3 is 0 Å². The Kier molecular flexibility index (Phi) is 5.88. The fourth-order valence-electron chi connectivity index (χ4n) is 3.49. The van der Waals surface area contributed by atoms with Crippen LogP contribution in [0.3, 0.4) is 0 Å². The molecular weight excluding hydrogens is 342 g/mol. The van der Waals surface area contributed by atoms with Gasteiger partial charge in [-0.15, -0.1) is 0 Å². The molecule has 27 heavy (non-hydrogen) atoms. The van der Waals surface area contributed by atoms with Gasteiger partial charge in [0.25, 0.3) is 0 Å². The molecule has 144 valence electrons. The van der Waals surface area contributed by atoms with Crippen molar-refractivity contribution in [3.8, 4) is 11.4 Å². The van der Waals surface area contributed by atoms with Gasteiger partial charge in [-0.05, 0) is 31.4 Å². The third-order valence-corrected chi connectivity index (χ3v) is 5.16. The van der Waals surface area contributed by atoms with Crippen LogP contribution < -0.4 is 5.73 Å². The monoisotopic (exact) mass is 369 g/mol. The summed E-state index contributed by atoms with van der Waals surface area (Å²) in [6, 6.07) is 7.08. The van der Waals surface area contributed by atoms with Gasteiger partial charge in [0.05, 0.1) is 0 Å². The summed E-state index contributed by atoms with van der Waals surface area (Å²) in [4.78, 5) is 29.6. The largest absolute Gasteiger partial charge is 0.366 e. The van der Waals surface area contributed by atoms with Crippen molar-refractivity contribution >= 4 is 11.8 Å². The fraction of sp³-hybridized carbons (Fsp3) is 0.500. The molecule has 1 fully saturated rings. The quantitative estimate of drug-likeness (QED) is 0.847. The van der Waals surface area contributed by atoms with Crippen molar-refractivity contribution in [2.45, 2.75) is 52.0 Å². The number of hydrogen-bond donors (Lipinski definition) is 1. The molecule has 0 atom stereocenters. The van der Waals surface area contributed by atoms with E-state index in [1.165, 1.54) is 0 Å². The minimum absolute atomic E-state index is 0.135. The number of carbonyl (C=O) groups excluding carboxylic acids is 2. The topological polar surface area (TPSA) is 94.1 Å². The summed E-state index contributed by atoms with van der Waals surface area (Å²) in [5.74, 6) is 1.67. The van der Waals surface area contributed by atoms with Crippen LogP contribution >= 0.6 is 0 Å². The zero-order valence-electron chi connectivity index (χ0n) is 16.0. The van der Waals surface area contributed by atoms with Gasteiger partial charge in [0.1, 0.15) is 5.82 Å². The number of primary amides is 1. The second kappa shape index (κ2) is 8.33. The number of aromatic nitrogens is 3. The van der Waals surface area contributed by atoms with E-state index >= 15 is 0 Å². The van der Waals surface area contributed by atoms with Gasteiger partial charge in [0.15, 0.2) is 5.82 Å². The molecule has 2 N–H and O–H groups in total. The number of nitrogens with zero attached hydrogens (tertiary/aromatic N) is 4. The molecule has 1 aromatic carbocycles. The molecule has 0 bridgehead atoms. The highest BCUT2D eigenvalue weighted by molar-refractivity contribution is 5.93. The summed E-state index contributed by atoms with van der Waals surface area (Å²) in [7, 11) is 0. The number of piperidine rings is 1. The van der Waals surface area contributed by atoms with Crippen LogP contribution in [0.5, 0.6) is 0 Å². The van der Waals surface area contributed by atoms with E-state index < -0.39 is 5.91 Å². The maximum Gasteiger partial charge on any atom is 0.248 e. The minimum Gasteiger partial charge on any atom is -0.366 e. The third-order valence-electron chi connectivity index (χ3n) is 5.16. The lowest BCUT2D eigenvalue weighted by atomic mass is 9.96. The Morgan fingerprint density at radius 2 is 1.85 bits per heavy atom. The van der Waals surface area contributed by atoms with Crippen LogP contribution in [-0.4, -0.2) is 44.6 Å². The summed E-state index contributed by atoms with van der Waals surface area (Å²) in [6.45, 7) is 6.15. The SMILES string of the molecule is CCCCn1nc(-c2ccc(C(N)=O)cc2)nc1C1CCN(C(C)=O)CC1. The van der Waals surface area contributed by atoms with Crippen LogP contribution in [0.2, 0.25) is 0 Å². The molecule has 0 spiro atoms. The molecule has 0 aliphatic carbocycles. The molecule has 0 radical (unpaired) electrons. The summed E-state index contributed by atoms with van der Waals surface area (Å²) in [5.41, 5.74) is 6.66. The molecule has 1 aliphatic heterocycles. The Hall–Kier alpha value is -2.70. The predicted octanol–water partition coefficient (Wildman–Crippen LogP) is 2.57. The van der Waals surface area contributed by atoms with Crippen LogP contribution in [0.1, 0.15) is 61.6 Å². The lowest BCUT2D eigenvalue weighted by molar-refractivity contribution is -0.129. The first-order chi connectivity index (χ1) is 13.0. The Labute approximate surface area is 159 Å². The van der Waals surface area contributed by atoms with E-state index in [1.807, 2.05) is 21.7 Å². The summed E-state index contributed by atoms with van der Waals surface area (Å²) in [6.07, 6.45) is 3.95. The second-order valence-corrected chi connectivity index (χ2v) is 7.09. The van der Waals surface area contributed by atoms with Crippen LogP contribution in [0.15, 0.2) is 24.3 Å². The van der Waals surface area contributed by atoms with E-state index in [1.54, 1.807) is 19.1 Å². The number of nitrogens with two attached hydrogens (primary N) is 1. The van der Waals surface area contributed by atoms with Crippen molar-refractivity contribution < 1.29 is 9.59 Å². The number of carbonyl (C=O) groups is 2. The van der Waals surface area contributed by atoms with Crippen LogP contribution in [0, 0.1) is 0 Å². The number of hydrogen-bond acceptors (Lipinski definition) is 4. The van der Waals surface area contributed by atoms with Crippen LogP contribution in [0.4, 0.5) is 0 Å². The van der Waals surface area contributed by atoms with E-state index in [2.05, 4.69) is 6.92 Å². The van der Waals surface area contributed by atoms with E-state index in [-0.39, 0.29) is 5.91 Å². The predicted molar refractivity (Wildman–Crippen MR) is 103 cm³/mol. The summed E-state index contributed by atoms with van der Waals surface area (Å²) >= 11 is 0. The molecule has 2 aromatic rings. The number of aryl methyl sites for hydroxylation is 1. The first kappa shape index (κ1) is 19.1. The smallest absolute Gasteiger partial charge is 0.248 e. The average molecular weight is 369 g/mol. The number of amides is 2. The van der Waals surface area contributed by atoms with Gasteiger partial charge < -0.3 is 10.6 Å². The van der Waals surface area contributed by atoms with Crippen molar-refractivity contribution in [1.82, 2.24) is 19.7 Å². The Morgan fingerprint density at radius 1 is 1.19 bits per heavy atom. The molecule has 7 nitrogen and oxygen atoms in total. The van der Waals surface area contributed by atoms with E-state index in [9.17, 15) is 9.59 Å². The highest BCUT2D eigenvalue weighted by atomic mass is 16.2. The number of benzene rings is 1. The first-order valence-corrected chi connectivity index (χ1v) is 9.60. The van der Waals surface area contributed by atoms with Gasteiger partial charge in [0.2, 0.25) is 11.8 Å². The zero-order valence-corrected chi connectivity index (χ0v) is 16.0. The normalized spacial score (nSPS) is 15.1. The van der Waals surface area contributed by atoms with Crippen molar-refractivity contribution in [1.29, 1.82) is 0 Å². The van der Waals surface area contributed by atoms with Gasteiger partial charge in [-0.1, -0.05) is 25.5 Å². The maximum absolute atomic E-state index is 11.6. The molecule has 0 saturated carbocycles. The molecule has 3 rings (SSSR count). The third kappa shape index (κ3) is 4.35. The summed E-state index contributed by atoms with van der Waals surface area (Å²) in [5, 5.41) is 4.73. The molecule has 2 heterocycles. The summed E-state index contributed by atoms with van der Waals surface area (Å²) < 4.78 is 2.02. The molecule has 0 unspecified atom stereocenters. The van der Waals surface area contributed by atoms with Crippen molar-refractivity contribution in [3.05, 3.63) is 35.7 Å². The van der Waals surface area contributed by atoms with Gasteiger partial charge in [0, 0.05) is 43.6 Å². The lowest BCUT2D eigenvalue weighted by Gasteiger charge is -2.30. The van der Waals surface area contributed by atoms with E-state index in [4.69, 9.17) is 15.8 Å². The van der Waals surface area contributed by atoms with Gasteiger partial charge in [-0.2, -0.15) is 5.10 Å². The minimum atomic E-state index is -0.444. The number of likely N-dealkylation sites (tertiary alicyclic amines) is 1. The molecule has 1 aromatic heterocycles. The van der Waals surface area contributed by atoms with Crippen molar-refractivity contribution in [2.24, 2.45) is 5.73 Å². The standard InChI is InChI=1S/C20H27N5O2/c1-3-4-11-25-20(17-9-12-24(13-10-17)14(2)26)22-19(23-25)16-7-5-15(6-8-16)18(21)27/h5-8,17H,3-4,9-13H2,1-2H3,(H2,21,27). The van der Waals surface area contributed by atoms with E-state index in [0.717, 1.165) is 56.7 Å². The highest BCUT2D eigenvalue weighted by Crippen LogP contribution is 2.29. The molecule has 7 heteroatoms. The van der Waals surface area contributed by atoms with Gasteiger partial charge in [-0.3, -0.25) is 9.59 Å². The lowest BCUT2D eigenvalue weighted by Crippen LogP contribution is -2.37. The molecule has 1 saturated heterocycles. The Balaban J connectivity index is 1.84. The second-order valence-electron chi connectivity index (χ2n) is 7.09. The number of rotatable bonds is 6. The molecular formula is C20H27N5O2. The van der Waals surface area contributed by atoms with E-state index in [0.29, 0.717) is 17.3 Å². The molecule has 2 amide bonds. The van der Waals surface area contributed by atoms with Crippen molar-refractivity contribution in [3.63, 3.8) is 0 Å². The molecule has 1 aliphatic rings. The van der Waals surface area contributed by atoms with Crippen LogP contribution in [0.25, 0.3) is 11.4 Å². The number of unbranched alkanes of at least 4 members (excludes halogenated alkanes) is 1. The van der Waals surface area contributed by atoms with Crippen molar-refractivity contribution in [2.75, 3.05) is 13.1 Å². The Bertz CT molecular complexity index is 804. The Morgan fingerprint density at radius 3 is 2.41 bits per heavy atom.